The Labute approximate surface area is 362 Å². The lowest BCUT2D eigenvalue weighted by atomic mass is 9.99. The molecule has 0 saturated heterocycles. The number of hydrogen-bond acceptors (Lipinski definition) is 12. The molecule has 1 aromatic rings. The zero-order chi connectivity index (χ0) is 46.3. The van der Waals surface area contributed by atoms with Gasteiger partial charge in [0.05, 0.1) is 6.61 Å². The highest BCUT2D eigenvalue weighted by molar-refractivity contribution is 7.80. The van der Waals surface area contributed by atoms with E-state index in [0.29, 0.717) is 50.1 Å². The Balaban J connectivity index is 2.93. The van der Waals surface area contributed by atoms with Gasteiger partial charge in [0, 0.05) is 38.6 Å². The third-order valence-electron chi connectivity index (χ3n) is 9.06. The van der Waals surface area contributed by atoms with Crippen molar-refractivity contribution in [2.75, 3.05) is 32.1 Å². The summed E-state index contributed by atoms with van der Waals surface area (Å²) < 4.78 is 18.9. The van der Waals surface area contributed by atoms with Gasteiger partial charge in [-0.1, -0.05) is 64.4 Å². The van der Waals surface area contributed by atoms with Crippen LogP contribution in [0, 0.1) is 11.8 Å². The van der Waals surface area contributed by atoms with Gasteiger partial charge in [-0.25, -0.2) is 0 Å². The molecule has 0 spiro atoms. The average molecular weight is 901 g/mol. The molecule has 0 bridgehead atoms. The highest BCUT2D eigenvalue weighted by atomic mass is 32.1. The molecular formula is C39H65N8O12PS. The number of benzene rings is 1. The lowest BCUT2D eigenvalue weighted by Gasteiger charge is -2.28. The number of carbonyl (C=O) groups excluding carboxylic acids is 8. The fraction of sp³-hybridized carbons (Fsp3) is 0.641. The molecule has 0 aliphatic rings. The lowest BCUT2D eigenvalue weighted by Crippen LogP contribution is -2.57. The van der Waals surface area contributed by atoms with Crippen molar-refractivity contribution in [1.82, 2.24) is 42.5 Å². The number of carbonyl (C=O) groups is 8. The van der Waals surface area contributed by atoms with Gasteiger partial charge in [-0.3, -0.25) is 47.4 Å². The molecule has 20 nitrogen and oxygen atoms in total. The Morgan fingerprint density at radius 3 is 1.80 bits per heavy atom. The van der Waals surface area contributed by atoms with Crippen LogP contribution in [0.3, 0.4) is 0 Å². The molecule has 0 aliphatic carbocycles. The minimum atomic E-state index is -4.88. The maximum Gasteiger partial charge on any atom is 0.351 e. The first-order valence-corrected chi connectivity index (χ1v) is 22.5. The number of rotatable bonds is 28. The van der Waals surface area contributed by atoms with E-state index in [1.165, 1.54) is 13.8 Å². The van der Waals surface area contributed by atoms with Crippen LogP contribution in [0.25, 0.3) is 0 Å². The van der Waals surface area contributed by atoms with Gasteiger partial charge >= 0.3 is 7.60 Å². The molecule has 8 amide bonds. The van der Waals surface area contributed by atoms with Gasteiger partial charge in [-0.2, -0.15) is 12.6 Å². The van der Waals surface area contributed by atoms with Crippen LogP contribution < -0.4 is 42.5 Å². The van der Waals surface area contributed by atoms with Gasteiger partial charge in [0.2, 0.25) is 47.3 Å². The van der Waals surface area contributed by atoms with E-state index in [-0.39, 0.29) is 18.2 Å². The van der Waals surface area contributed by atoms with E-state index in [1.54, 1.807) is 58.0 Å². The molecule has 10 N–H and O–H groups in total. The third-order valence-corrected chi connectivity index (χ3v) is 10.9. The minimum absolute atomic E-state index is 0.0615. The van der Waals surface area contributed by atoms with Crippen LogP contribution in [-0.4, -0.2) is 125 Å². The largest absolute Gasteiger partial charge is 0.394 e. The van der Waals surface area contributed by atoms with Crippen LogP contribution in [0.4, 0.5) is 0 Å². The third kappa shape index (κ3) is 21.2. The predicted molar refractivity (Wildman–Crippen MR) is 230 cm³/mol. The smallest absolute Gasteiger partial charge is 0.351 e. The molecule has 22 heteroatoms. The van der Waals surface area contributed by atoms with Crippen LogP contribution in [-0.2, 0) is 53.9 Å². The summed E-state index contributed by atoms with van der Waals surface area (Å²) >= 11 is 4.06. The van der Waals surface area contributed by atoms with E-state index in [0.717, 1.165) is 6.92 Å². The molecule has 0 aliphatic heterocycles. The van der Waals surface area contributed by atoms with Gasteiger partial charge < -0.3 is 52.5 Å². The van der Waals surface area contributed by atoms with Crippen molar-refractivity contribution in [2.24, 2.45) is 11.8 Å². The van der Waals surface area contributed by atoms with Gasteiger partial charge in [0.15, 0.2) is 0 Å². The summed E-state index contributed by atoms with van der Waals surface area (Å²) in [6, 6.07) is 2.33. The van der Waals surface area contributed by atoms with Crippen LogP contribution >= 0.6 is 20.2 Å². The van der Waals surface area contributed by atoms with Crippen molar-refractivity contribution in [3.8, 4) is 0 Å². The standard InChI is InChI=1S/C39H65N8O12PS/c1-23(2)33(38(55)41-17-13-9-12-16-30(50)40-18-19-61)47-39(56)34(24(3)4)45-31(51)22-59-60(57,58)32(20-28-14-10-8-11-15-28)46-36(53)26(6)42-35(52)25(5)43-37(54)29(21-48)44-27(7)49/h8,10-11,14-15,23-26,29,32-34,48,61H,9,12-13,16-22H2,1-7H3,(H,40,50)(H,41,55)(H,42,52)(H,43,54)(H,44,49)(H,45,51)(H,46,53)(H,47,56)(H,57,58)/t25-,26-,29-,32?,33-,34-/m0/s1. The van der Waals surface area contributed by atoms with E-state index >= 15 is 0 Å². The van der Waals surface area contributed by atoms with Crippen molar-refractivity contribution in [3.63, 3.8) is 0 Å². The number of thiol groups is 1. The van der Waals surface area contributed by atoms with Crippen molar-refractivity contribution in [2.45, 2.75) is 117 Å². The highest BCUT2D eigenvalue weighted by Crippen LogP contribution is 2.47. The Bertz CT molecular complexity index is 1670. The lowest BCUT2D eigenvalue weighted by molar-refractivity contribution is -0.134. The predicted octanol–water partition coefficient (Wildman–Crippen LogP) is -0.616. The summed E-state index contributed by atoms with van der Waals surface area (Å²) in [7, 11) is -4.88. The molecule has 0 radical (unpaired) electrons. The summed E-state index contributed by atoms with van der Waals surface area (Å²) in [5.41, 5.74) is 0.519. The van der Waals surface area contributed by atoms with Gasteiger partial charge in [0.1, 0.15) is 42.6 Å². The van der Waals surface area contributed by atoms with Crippen molar-refractivity contribution in [3.05, 3.63) is 35.9 Å². The molecule has 61 heavy (non-hydrogen) atoms. The topological polar surface area (TPSA) is 300 Å². The highest BCUT2D eigenvalue weighted by Gasteiger charge is 2.37. The number of nitrogens with one attached hydrogen (secondary N) is 8. The summed E-state index contributed by atoms with van der Waals surface area (Å²) in [5, 5.41) is 29.5. The number of aliphatic hydroxyl groups is 1. The normalized spacial score (nSPS) is 15.1. The fourth-order valence-electron chi connectivity index (χ4n) is 5.56. The van der Waals surface area contributed by atoms with Crippen LogP contribution in [0.2, 0.25) is 0 Å². The Morgan fingerprint density at radius 1 is 0.672 bits per heavy atom. The second-order valence-corrected chi connectivity index (χ2v) is 17.6. The molecule has 2 unspecified atom stereocenters. The quantitative estimate of drug-likeness (QED) is 0.0285. The second-order valence-electron chi connectivity index (χ2n) is 15.1. The van der Waals surface area contributed by atoms with E-state index in [9.17, 15) is 52.9 Å². The van der Waals surface area contributed by atoms with Crippen molar-refractivity contribution >= 4 is 67.5 Å². The summed E-state index contributed by atoms with van der Waals surface area (Å²) in [6.45, 7) is 9.62. The maximum atomic E-state index is 13.7. The van der Waals surface area contributed by atoms with Crippen LogP contribution in [0.1, 0.15) is 79.7 Å². The molecule has 0 saturated carbocycles. The number of aliphatic hydroxyl groups excluding tert-OH is 1. The number of hydrogen-bond donors (Lipinski definition) is 11. The number of unbranched alkanes of at least 4 members (excludes halogenated alkanes) is 2. The van der Waals surface area contributed by atoms with Gasteiger partial charge in [-0.15, -0.1) is 0 Å². The SMILES string of the molecule is CC(=O)N[C@@H](CO)C(=O)N[C@@H](C)C(=O)N[C@@H](C)C(=O)NC(Cc1ccccc1)P(=O)(O)OCC(=O)N[C@H](C(=O)N[C@H](C(=O)NCCCCCC(=O)NCCS)C(C)C)C(C)C. The Morgan fingerprint density at radius 2 is 1.25 bits per heavy atom. The fourth-order valence-corrected chi connectivity index (χ4v) is 6.89. The van der Waals surface area contributed by atoms with Gasteiger partial charge in [-0.05, 0) is 44.1 Å². The first kappa shape index (κ1) is 54.5. The first-order valence-electron chi connectivity index (χ1n) is 20.2. The van der Waals surface area contributed by atoms with Crippen molar-refractivity contribution < 1.29 is 57.4 Å². The molecular weight excluding hydrogens is 836 g/mol. The van der Waals surface area contributed by atoms with E-state index in [1.807, 2.05) is 0 Å². The number of amides is 8. The zero-order valence-corrected chi connectivity index (χ0v) is 37.7. The van der Waals surface area contributed by atoms with E-state index in [2.05, 4.69) is 55.2 Å². The van der Waals surface area contributed by atoms with E-state index < -0.39 is 104 Å². The molecule has 344 valence electrons. The summed E-state index contributed by atoms with van der Waals surface area (Å²) in [4.78, 5) is 112. The minimum Gasteiger partial charge on any atom is -0.394 e. The average Bonchev–Trinajstić information content (AvgIpc) is 3.19. The zero-order valence-electron chi connectivity index (χ0n) is 35.9. The first-order chi connectivity index (χ1) is 28.6. The van der Waals surface area contributed by atoms with Gasteiger partial charge in [0.25, 0.3) is 0 Å². The monoisotopic (exact) mass is 900 g/mol. The summed E-state index contributed by atoms with van der Waals surface area (Å²) in [5.74, 6) is -7.15. The Kier molecular flexibility index (Phi) is 25.1. The second kappa shape index (κ2) is 28.1. The molecule has 7 atom stereocenters. The molecule has 0 heterocycles. The summed E-state index contributed by atoms with van der Waals surface area (Å²) in [6.07, 6.45) is 2.10. The molecule has 1 aromatic carbocycles. The van der Waals surface area contributed by atoms with Crippen LogP contribution in [0.5, 0.6) is 0 Å². The van der Waals surface area contributed by atoms with Crippen molar-refractivity contribution in [1.29, 1.82) is 0 Å². The molecule has 0 aromatic heterocycles. The van der Waals surface area contributed by atoms with Crippen LogP contribution in [0.15, 0.2) is 30.3 Å². The maximum absolute atomic E-state index is 13.7. The molecule has 0 fully saturated rings. The Hall–Kier alpha value is -4.56. The molecule has 1 rings (SSSR count). The van der Waals surface area contributed by atoms with E-state index in [4.69, 9.17) is 4.52 Å².